The SMILES string of the molecule is c1ccc(-c2nc(-c3cc4ccccc4o3)cc(-c3ccc(-c4cc5ccc6cccc7c8cccc9ccc%10cccc(c(c4)c5c67)c%10c98)c4ccccc34)n2)cc1. The predicted octanol–water partition coefficient (Wildman–Crippen LogP) is 15.4. The maximum absolute atomic E-state index is 6.37. The highest BCUT2D eigenvalue weighted by Crippen LogP contribution is 2.46. The van der Waals surface area contributed by atoms with Crippen LogP contribution in [0.1, 0.15) is 0 Å². The molecular weight excluding hydrogens is 717 g/mol. The molecule has 0 aliphatic rings. The Morgan fingerprint density at radius 1 is 0.305 bits per heavy atom. The second-order valence-corrected chi connectivity index (χ2v) is 15.6. The molecule has 2 aromatic heterocycles. The lowest BCUT2D eigenvalue weighted by Gasteiger charge is -2.18. The first-order chi connectivity index (χ1) is 29.2. The van der Waals surface area contributed by atoms with Gasteiger partial charge in [-0.15, -0.1) is 0 Å². The zero-order valence-corrected chi connectivity index (χ0v) is 31.8. The van der Waals surface area contributed by atoms with Crippen LogP contribution < -0.4 is 0 Å². The molecule has 0 unspecified atom stereocenters. The van der Waals surface area contributed by atoms with Crippen molar-refractivity contribution in [2.75, 3.05) is 0 Å². The molecule has 59 heavy (non-hydrogen) atoms. The van der Waals surface area contributed by atoms with Crippen molar-refractivity contribution in [3.63, 3.8) is 0 Å². The quantitative estimate of drug-likeness (QED) is 0.168. The Bertz CT molecular complexity index is 3800. The molecule has 11 aromatic carbocycles. The number of rotatable bonds is 4. The molecule has 0 bridgehead atoms. The van der Waals surface area contributed by atoms with Crippen molar-refractivity contribution in [3.8, 4) is 45.2 Å². The predicted molar refractivity (Wildman–Crippen MR) is 247 cm³/mol. The van der Waals surface area contributed by atoms with Crippen LogP contribution in [0.5, 0.6) is 0 Å². The van der Waals surface area contributed by atoms with Crippen LogP contribution in [0.3, 0.4) is 0 Å². The first-order valence-corrected chi connectivity index (χ1v) is 20.1. The lowest BCUT2D eigenvalue weighted by molar-refractivity contribution is 0.628. The molecule has 0 atom stereocenters. The number of para-hydroxylation sites is 1. The van der Waals surface area contributed by atoms with E-state index in [-0.39, 0.29) is 0 Å². The van der Waals surface area contributed by atoms with Gasteiger partial charge < -0.3 is 4.42 Å². The van der Waals surface area contributed by atoms with Gasteiger partial charge in [-0.2, -0.15) is 0 Å². The standard InChI is InChI=1S/C56H32N2O/c1-2-11-36(12-3-1)56-57-48(32-49(58-56)51-31-37-13-4-7-22-50(37)59-51)43-28-27-40(41-17-5-6-18-42(41)43)39-29-38-26-25-35-15-9-20-45-44-19-8-14-33-23-24-34-16-10-21-46(54(34)52(33)44)47(30-39)55(38)53(35)45/h1-32H. The molecule has 0 aliphatic carbocycles. The largest absolute Gasteiger partial charge is 0.454 e. The number of hydrogen-bond donors (Lipinski definition) is 0. The molecule has 0 aliphatic heterocycles. The van der Waals surface area contributed by atoms with Crippen LogP contribution >= 0.6 is 0 Å². The summed E-state index contributed by atoms with van der Waals surface area (Å²) in [4.78, 5) is 10.3. The highest BCUT2D eigenvalue weighted by Gasteiger charge is 2.19. The number of hydrogen-bond acceptors (Lipinski definition) is 3. The molecule has 0 amide bonds. The van der Waals surface area contributed by atoms with Crippen molar-refractivity contribution in [1.82, 2.24) is 9.97 Å². The van der Waals surface area contributed by atoms with Gasteiger partial charge in [0.25, 0.3) is 0 Å². The van der Waals surface area contributed by atoms with Crippen molar-refractivity contribution < 1.29 is 4.42 Å². The van der Waals surface area contributed by atoms with Gasteiger partial charge in [-0.1, -0.05) is 164 Å². The van der Waals surface area contributed by atoms with Gasteiger partial charge in [0.2, 0.25) is 0 Å². The molecule has 0 saturated heterocycles. The Hall–Kier alpha value is -7.88. The van der Waals surface area contributed by atoms with Crippen LogP contribution in [0.15, 0.2) is 199 Å². The van der Waals surface area contributed by atoms with Crippen LogP contribution in [-0.2, 0) is 0 Å². The number of benzene rings is 10. The minimum atomic E-state index is 0.657. The molecule has 3 heteroatoms. The molecule has 272 valence electrons. The van der Waals surface area contributed by atoms with Crippen molar-refractivity contribution in [3.05, 3.63) is 194 Å². The maximum Gasteiger partial charge on any atom is 0.160 e. The van der Waals surface area contributed by atoms with E-state index in [1.54, 1.807) is 0 Å². The van der Waals surface area contributed by atoms with Crippen molar-refractivity contribution in [1.29, 1.82) is 0 Å². The zero-order valence-electron chi connectivity index (χ0n) is 31.8. The molecule has 0 fully saturated rings. The average molecular weight is 749 g/mol. The van der Waals surface area contributed by atoms with E-state index in [9.17, 15) is 0 Å². The highest BCUT2D eigenvalue weighted by molar-refractivity contribution is 6.37. The molecule has 0 spiro atoms. The monoisotopic (exact) mass is 748 g/mol. The molecule has 3 nitrogen and oxygen atoms in total. The topological polar surface area (TPSA) is 38.9 Å². The summed E-state index contributed by atoms with van der Waals surface area (Å²) in [5.74, 6) is 1.37. The molecule has 13 aromatic rings. The third kappa shape index (κ3) is 4.82. The van der Waals surface area contributed by atoms with E-state index >= 15 is 0 Å². The summed E-state index contributed by atoms with van der Waals surface area (Å²) in [5.41, 5.74) is 6.78. The minimum absolute atomic E-state index is 0.657. The van der Waals surface area contributed by atoms with E-state index in [0.717, 1.165) is 38.9 Å². The van der Waals surface area contributed by atoms with Gasteiger partial charge >= 0.3 is 0 Å². The van der Waals surface area contributed by atoms with Crippen LogP contribution in [0.4, 0.5) is 0 Å². The lowest BCUT2D eigenvalue weighted by atomic mass is 9.86. The first kappa shape index (κ1) is 32.2. The van der Waals surface area contributed by atoms with Crippen LogP contribution in [0, 0.1) is 0 Å². The van der Waals surface area contributed by atoms with Crippen LogP contribution in [-0.4, -0.2) is 9.97 Å². The van der Waals surface area contributed by atoms with Crippen LogP contribution in [0.2, 0.25) is 0 Å². The zero-order chi connectivity index (χ0) is 38.6. The van der Waals surface area contributed by atoms with E-state index in [4.69, 9.17) is 14.4 Å². The number of furan rings is 1. The van der Waals surface area contributed by atoms with Gasteiger partial charge in [0.05, 0.1) is 5.69 Å². The summed E-state index contributed by atoms with van der Waals surface area (Å²) in [6.07, 6.45) is 0. The van der Waals surface area contributed by atoms with Gasteiger partial charge in [0.15, 0.2) is 11.6 Å². The van der Waals surface area contributed by atoms with Crippen molar-refractivity contribution in [2.45, 2.75) is 0 Å². The molecule has 0 saturated carbocycles. The number of fused-ring (bicyclic) bond motifs is 4. The van der Waals surface area contributed by atoms with Gasteiger partial charge in [0.1, 0.15) is 11.3 Å². The summed E-state index contributed by atoms with van der Waals surface area (Å²) in [5, 5.41) is 18.7. The Morgan fingerprint density at radius 2 is 0.831 bits per heavy atom. The smallest absolute Gasteiger partial charge is 0.160 e. The van der Waals surface area contributed by atoms with Crippen molar-refractivity contribution in [2.24, 2.45) is 0 Å². The second-order valence-electron chi connectivity index (χ2n) is 15.6. The number of aromatic nitrogens is 2. The van der Waals surface area contributed by atoms with Gasteiger partial charge in [0, 0.05) is 16.5 Å². The minimum Gasteiger partial charge on any atom is -0.454 e. The molecule has 0 N–H and O–H groups in total. The van der Waals surface area contributed by atoms with E-state index in [1.807, 2.05) is 36.4 Å². The Labute approximate surface area is 338 Å². The number of nitrogens with zero attached hydrogens (tertiary/aromatic N) is 2. The summed E-state index contributed by atoms with van der Waals surface area (Å²) >= 11 is 0. The summed E-state index contributed by atoms with van der Waals surface area (Å²) in [7, 11) is 0. The van der Waals surface area contributed by atoms with Crippen LogP contribution in [0.25, 0.3) is 132 Å². The van der Waals surface area contributed by atoms with E-state index < -0.39 is 0 Å². The normalized spacial score (nSPS) is 12.1. The molecule has 13 rings (SSSR count). The molecular formula is C56H32N2O. The summed E-state index contributed by atoms with van der Waals surface area (Å²) < 4.78 is 6.37. The fraction of sp³-hybridized carbons (Fsp3) is 0. The lowest BCUT2D eigenvalue weighted by Crippen LogP contribution is -1.96. The maximum atomic E-state index is 6.37. The molecule has 0 radical (unpaired) electrons. The van der Waals surface area contributed by atoms with Crippen molar-refractivity contribution >= 4 is 86.4 Å². The Morgan fingerprint density at radius 3 is 1.53 bits per heavy atom. The average Bonchev–Trinajstić information content (AvgIpc) is 3.75. The summed E-state index contributed by atoms with van der Waals surface area (Å²) in [6.45, 7) is 0. The fourth-order valence-electron chi connectivity index (χ4n) is 9.75. The highest BCUT2D eigenvalue weighted by atomic mass is 16.3. The fourth-order valence-corrected chi connectivity index (χ4v) is 9.75. The third-order valence-electron chi connectivity index (χ3n) is 12.4. The van der Waals surface area contributed by atoms with Gasteiger partial charge in [-0.3, -0.25) is 0 Å². The van der Waals surface area contributed by atoms with E-state index in [0.29, 0.717) is 11.6 Å². The Balaban J connectivity index is 1.09. The van der Waals surface area contributed by atoms with E-state index in [1.165, 1.54) is 81.1 Å². The Kier molecular flexibility index (Phi) is 6.72. The first-order valence-electron chi connectivity index (χ1n) is 20.1. The van der Waals surface area contributed by atoms with Gasteiger partial charge in [-0.25, -0.2) is 9.97 Å². The molecule has 2 heterocycles. The van der Waals surface area contributed by atoms with E-state index in [2.05, 4.69) is 158 Å². The van der Waals surface area contributed by atoms with Gasteiger partial charge in [-0.05, 0) is 117 Å². The third-order valence-corrected chi connectivity index (χ3v) is 12.4. The summed E-state index contributed by atoms with van der Waals surface area (Å²) in [6, 6.07) is 70.0. The second kappa shape index (κ2) is 12.3.